The van der Waals surface area contributed by atoms with Gasteiger partial charge in [-0.1, -0.05) is 43.0 Å². The van der Waals surface area contributed by atoms with Crippen molar-refractivity contribution in [2.45, 2.75) is 38.8 Å². The van der Waals surface area contributed by atoms with Gasteiger partial charge < -0.3 is 10.6 Å². The molecule has 0 heterocycles. The third kappa shape index (κ3) is 5.39. The van der Waals surface area contributed by atoms with Crippen LogP contribution >= 0.6 is 23.2 Å². The van der Waals surface area contributed by atoms with Gasteiger partial charge >= 0.3 is 0 Å². The second-order valence-corrected chi connectivity index (χ2v) is 5.59. The average molecular weight is 303 g/mol. The normalized spacial score (nSPS) is 12.3. The molecule has 5 heteroatoms. The maximum absolute atomic E-state index is 12.1. The fraction of sp³-hybridized carbons (Fsp3) is 0.500. The number of rotatable bonds is 6. The van der Waals surface area contributed by atoms with Crippen LogP contribution in [0.1, 0.15) is 31.7 Å². The van der Waals surface area contributed by atoms with Crippen molar-refractivity contribution >= 4 is 29.1 Å². The number of benzene rings is 1. The molecule has 0 bridgehead atoms. The summed E-state index contributed by atoms with van der Waals surface area (Å²) in [4.78, 5) is 13.7. The Hall–Kier alpha value is -0.770. The van der Waals surface area contributed by atoms with E-state index in [1.54, 1.807) is 30.1 Å². The van der Waals surface area contributed by atoms with E-state index in [2.05, 4.69) is 6.92 Å². The Morgan fingerprint density at radius 3 is 2.42 bits per heavy atom. The van der Waals surface area contributed by atoms with E-state index in [1.807, 2.05) is 0 Å². The molecule has 0 aromatic heterocycles. The zero-order valence-corrected chi connectivity index (χ0v) is 12.8. The monoisotopic (exact) mass is 302 g/mol. The first kappa shape index (κ1) is 16.3. The molecular formula is C14H20Cl2N2O. The second kappa shape index (κ2) is 7.73. The van der Waals surface area contributed by atoms with Gasteiger partial charge in [-0.2, -0.15) is 0 Å². The predicted octanol–water partition coefficient (Wildman–Crippen LogP) is 3.47. The van der Waals surface area contributed by atoms with Crippen LogP contribution in [0, 0.1) is 0 Å². The van der Waals surface area contributed by atoms with E-state index in [4.69, 9.17) is 28.9 Å². The van der Waals surface area contributed by atoms with Gasteiger partial charge in [0.1, 0.15) is 0 Å². The van der Waals surface area contributed by atoms with E-state index >= 15 is 0 Å². The summed E-state index contributed by atoms with van der Waals surface area (Å²) in [5, 5.41) is 1.14. The molecule has 1 aromatic carbocycles. The lowest BCUT2D eigenvalue weighted by Gasteiger charge is -2.21. The second-order valence-electron chi connectivity index (χ2n) is 4.72. The lowest BCUT2D eigenvalue weighted by molar-refractivity contribution is -0.132. The topological polar surface area (TPSA) is 46.3 Å². The van der Waals surface area contributed by atoms with E-state index in [9.17, 15) is 4.79 Å². The first-order chi connectivity index (χ1) is 8.93. The fourth-order valence-corrected chi connectivity index (χ4v) is 2.46. The minimum absolute atomic E-state index is 0.0513. The number of hydrogen-bond acceptors (Lipinski definition) is 2. The van der Waals surface area contributed by atoms with Gasteiger partial charge in [0.15, 0.2) is 0 Å². The smallest absolute Gasteiger partial charge is 0.239 e. The van der Waals surface area contributed by atoms with E-state index in [-0.39, 0.29) is 5.91 Å². The third-order valence-corrected chi connectivity index (χ3v) is 3.34. The minimum Gasteiger partial charge on any atom is -0.340 e. The molecule has 1 atom stereocenters. The van der Waals surface area contributed by atoms with Crippen LogP contribution in [0.15, 0.2) is 18.2 Å². The number of nitrogens with two attached hydrogens (primary N) is 1. The number of carbonyl (C=O) groups is 1. The highest BCUT2D eigenvalue weighted by molar-refractivity contribution is 6.34. The lowest BCUT2D eigenvalue weighted by atomic mass is 10.1. The van der Waals surface area contributed by atoms with Crippen LogP contribution in [0.25, 0.3) is 0 Å². The zero-order valence-electron chi connectivity index (χ0n) is 11.3. The third-order valence-electron chi connectivity index (χ3n) is 2.90. The van der Waals surface area contributed by atoms with Crippen LogP contribution in [0.2, 0.25) is 10.0 Å². The molecule has 19 heavy (non-hydrogen) atoms. The summed E-state index contributed by atoms with van der Waals surface area (Å²) in [5.74, 6) is -0.0513. The van der Waals surface area contributed by atoms with Gasteiger partial charge in [-0.05, 0) is 30.2 Å². The maximum atomic E-state index is 12.1. The average Bonchev–Trinajstić information content (AvgIpc) is 2.33. The maximum Gasteiger partial charge on any atom is 0.239 e. The Labute approximate surface area is 124 Å². The van der Waals surface area contributed by atoms with Crippen molar-refractivity contribution in [1.29, 1.82) is 0 Å². The number of halogens is 2. The number of nitrogens with zero attached hydrogens (tertiary/aromatic N) is 1. The van der Waals surface area contributed by atoms with Crippen LogP contribution in [-0.4, -0.2) is 23.9 Å². The molecule has 1 amide bonds. The summed E-state index contributed by atoms with van der Waals surface area (Å²) >= 11 is 11.9. The summed E-state index contributed by atoms with van der Waals surface area (Å²) in [6, 6.07) is 4.84. The summed E-state index contributed by atoms with van der Waals surface area (Å²) in [6.45, 7) is 2.54. The molecule has 2 N–H and O–H groups in total. The van der Waals surface area contributed by atoms with Crippen LogP contribution in [-0.2, 0) is 11.3 Å². The van der Waals surface area contributed by atoms with Crippen molar-refractivity contribution in [3.8, 4) is 0 Å². The number of unbranched alkanes of at least 4 members (excludes halogenated alkanes) is 1. The van der Waals surface area contributed by atoms with Crippen molar-refractivity contribution < 1.29 is 4.79 Å². The molecular weight excluding hydrogens is 283 g/mol. The van der Waals surface area contributed by atoms with Crippen molar-refractivity contribution in [2.75, 3.05) is 7.05 Å². The minimum atomic E-state index is -0.431. The van der Waals surface area contributed by atoms with Gasteiger partial charge in [-0.25, -0.2) is 0 Å². The highest BCUT2D eigenvalue weighted by atomic mass is 35.5. The highest BCUT2D eigenvalue weighted by Crippen LogP contribution is 2.20. The Kier molecular flexibility index (Phi) is 6.63. The Morgan fingerprint density at radius 1 is 1.32 bits per heavy atom. The number of carbonyl (C=O) groups excluding carboxylic acids is 1. The summed E-state index contributed by atoms with van der Waals surface area (Å²) in [5.41, 5.74) is 6.77. The van der Waals surface area contributed by atoms with Crippen molar-refractivity contribution in [3.63, 3.8) is 0 Å². The van der Waals surface area contributed by atoms with Gasteiger partial charge in [0.25, 0.3) is 0 Å². The molecule has 0 aliphatic heterocycles. The van der Waals surface area contributed by atoms with Crippen molar-refractivity contribution in [3.05, 3.63) is 33.8 Å². The van der Waals surface area contributed by atoms with E-state index < -0.39 is 6.04 Å². The molecule has 1 aromatic rings. The Morgan fingerprint density at radius 2 is 1.89 bits per heavy atom. The Bertz CT molecular complexity index is 417. The van der Waals surface area contributed by atoms with Crippen LogP contribution in [0.4, 0.5) is 0 Å². The predicted molar refractivity (Wildman–Crippen MR) is 80.4 cm³/mol. The fourth-order valence-electron chi connectivity index (χ4n) is 1.88. The molecule has 3 nitrogen and oxygen atoms in total. The molecule has 0 saturated carbocycles. The number of likely N-dealkylation sites (N-methyl/N-ethyl adjacent to an activating group) is 1. The van der Waals surface area contributed by atoms with Crippen LogP contribution in [0.5, 0.6) is 0 Å². The van der Waals surface area contributed by atoms with E-state index in [0.717, 1.165) is 24.8 Å². The number of hydrogen-bond donors (Lipinski definition) is 1. The van der Waals surface area contributed by atoms with Crippen LogP contribution in [0.3, 0.4) is 0 Å². The standard InChI is InChI=1S/C14H20Cl2N2O/c1-3-4-5-13(17)14(19)18(2)9-10-6-11(15)8-12(16)7-10/h6-8,13H,3-5,9,17H2,1-2H3. The molecule has 0 aliphatic rings. The molecule has 1 rings (SSSR count). The van der Waals surface area contributed by atoms with Gasteiger partial charge in [-0.15, -0.1) is 0 Å². The summed E-state index contributed by atoms with van der Waals surface area (Å²) in [6.07, 6.45) is 2.72. The summed E-state index contributed by atoms with van der Waals surface area (Å²) in [7, 11) is 1.74. The van der Waals surface area contributed by atoms with Crippen molar-refractivity contribution in [1.82, 2.24) is 4.90 Å². The molecule has 0 radical (unpaired) electrons. The molecule has 0 aliphatic carbocycles. The molecule has 0 spiro atoms. The highest BCUT2D eigenvalue weighted by Gasteiger charge is 2.17. The zero-order chi connectivity index (χ0) is 14.4. The first-order valence-corrected chi connectivity index (χ1v) is 7.15. The summed E-state index contributed by atoms with van der Waals surface area (Å²) < 4.78 is 0. The molecule has 1 unspecified atom stereocenters. The quantitative estimate of drug-likeness (QED) is 0.874. The SMILES string of the molecule is CCCCC(N)C(=O)N(C)Cc1cc(Cl)cc(Cl)c1. The molecule has 0 fully saturated rings. The first-order valence-electron chi connectivity index (χ1n) is 6.39. The van der Waals surface area contributed by atoms with E-state index in [0.29, 0.717) is 16.6 Å². The number of amides is 1. The largest absolute Gasteiger partial charge is 0.340 e. The van der Waals surface area contributed by atoms with Gasteiger partial charge in [0.05, 0.1) is 6.04 Å². The Balaban J connectivity index is 2.62. The molecule has 0 saturated heterocycles. The van der Waals surface area contributed by atoms with E-state index in [1.165, 1.54) is 0 Å². The molecule has 106 valence electrons. The van der Waals surface area contributed by atoms with Gasteiger partial charge in [0, 0.05) is 23.6 Å². The van der Waals surface area contributed by atoms with Crippen molar-refractivity contribution in [2.24, 2.45) is 5.73 Å². The lowest BCUT2D eigenvalue weighted by Crippen LogP contribution is -2.41. The van der Waals surface area contributed by atoms with Gasteiger partial charge in [0.2, 0.25) is 5.91 Å². The van der Waals surface area contributed by atoms with Gasteiger partial charge in [-0.3, -0.25) is 4.79 Å². The van der Waals surface area contributed by atoms with Crippen LogP contribution < -0.4 is 5.73 Å².